The average molecular weight is 144 g/mol. The van der Waals surface area contributed by atoms with E-state index in [-0.39, 0.29) is 17.6 Å². The summed E-state index contributed by atoms with van der Waals surface area (Å²) in [6, 6.07) is 0. The Hall–Kier alpha value is -0.400. The smallest absolute Gasteiger partial charge is 0.138 e. The highest BCUT2D eigenvalue weighted by atomic mass is 19.1. The molecule has 0 N–H and O–H groups in total. The van der Waals surface area contributed by atoms with Crippen molar-refractivity contribution in [1.29, 1.82) is 0 Å². The third-order valence-electron chi connectivity index (χ3n) is 2.05. The molecule has 0 aromatic carbocycles. The van der Waals surface area contributed by atoms with Crippen molar-refractivity contribution in [2.75, 3.05) is 0 Å². The number of alkyl halides is 1. The summed E-state index contributed by atoms with van der Waals surface area (Å²) >= 11 is 0. The zero-order chi connectivity index (χ0) is 7.72. The predicted octanol–water partition coefficient (Wildman–Crippen LogP) is 1.96. The van der Waals surface area contributed by atoms with Gasteiger partial charge in [0.05, 0.1) is 0 Å². The lowest BCUT2D eigenvalue weighted by Gasteiger charge is -2.29. The summed E-state index contributed by atoms with van der Waals surface area (Å²) in [4.78, 5) is 11.1. The molecule has 1 aliphatic rings. The molecule has 0 bridgehead atoms. The molecule has 0 aromatic rings. The monoisotopic (exact) mass is 144 g/mol. The van der Waals surface area contributed by atoms with Crippen molar-refractivity contribution in [2.24, 2.45) is 11.8 Å². The maximum absolute atomic E-state index is 12.2. The Morgan fingerprint density at radius 3 is 2.30 bits per heavy atom. The summed E-state index contributed by atoms with van der Waals surface area (Å²) in [6.45, 7) is 3.74. The van der Waals surface area contributed by atoms with Crippen LogP contribution in [0.4, 0.5) is 4.39 Å². The molecule has 1 fully saturated rings. The minimum absolute atomic E-state index is 0.0370. The molecule has 0 aliphatic heterocycles. The number of carbonyl (C=O) groups excluding carboxylic acids is 1. The van der Waals surface area contributed by atoms with Crippen LogP contribution in [0.1, 0.15) is 26.7 Å². The first-order valence-corrected chi connectivity index (χ1v) is 3.79. The first-order valence-electron chi connectivity index (χ1n) is 3.79. The molecule has 0 atom stereocenters. The molecule has 1 nitrogen and oxygen atoms in total. The molecule has 0 amide bonds. The lowest BCUT2D eigenvalue weighted by Crippen LogP contribution is -2.33. The van der Waals surface area contributed by atoms with Crippen molar-refractivity contribution in [3.63, 3.8) is 0 Å². The summed E-state index contributed by atoms with van der Waals surface area (Å²) in [5, 5.41) is 0. The topological polar surface area (TPSA) is 17.1 Å². The molecule has 0 radical (unpaired) electrons. The van der Waals surface area contributed by atoms with Crippen LogP contribution in [-0.2, 0) is 4.79 Å². The van der Waals surface area contributed by atoms with Gasteiger partial charge in [-0.1, -0.05) is 13.8 Å². The van der Waals surface area contributed by atoms with Gasteiger partial charge >= 0.3 is 0 Å². The van der Waals surface area contributed by atoms with Crippen molar-refractivity contribution >= 4 is 5.78 Å². The molecule has 58 valence electrons. The largest absolute Gasteiger partial charge is 0.299 e. The predicted molar refractivity (Wildman–Crippen MR) is 37.5 cm³/mol. The first kappa shape index (κ1) is 7.70. The molecule has 0 saturated heterocycles. The lowest BCUT2D eigenvalue weighted by molar-refractivity contribution is -0.130. The van der Waals surface area contributed by atoms with Gasteiger partial charge in [-0.05, 0) is 12.8 Å². The van der Waals surface area contributed by atoms with Crippen LogP contribution in [0.15, 0.2) is 0 Å². The molecule has 2 heteroatoms. The van der Waals surface area contributed by atoms with E-state index in [1.54, 1.807) is 0 Å². The van der Waals surface area contributed by atoms with Crippen molar-refractivity contribution < 1.29 is 9.18 Å². The SMILES string of the molecule is CC(C)C(=O)C1CC(F)C1. The van der Waals surface area contributed by atoms with Gasteiger partial charge in [-0.3, -0.25) is 4.79 Å². The van der Waals surface area contributed by atoms with E-state index in [0.29, 0.717) is 12.8 Å². The van der Waals surface area contributed by atoms with Crippen LogP contribution < -0.4 is 0 Å². The van der Waals surface area contributed by atoms with Gasteiger partial charge in [-0.25, -0.2) is 4.39 Å². The van der Waals surface area contributed by atoms with Crippen molar-refractivity contribution in [3.05, 3.63) is 0 Å². The Labute approximate surface area is 60.6 Å². The third kappa shape index (κ3) is 1.36. The Kier molecular flexibility index (Phi) is 2.07. The van der Waals surface area contributed by atoms with E-state index in [1.807, 2.05) is 13.8 Å². The van der Waals surface area contributed by atoms with Gasteiger partial charge in [0.15, 0.2) is 0 Å². The van der Waals surface area contributed by atoms with Gasteiger partial charge in [0, 0.05) is 11.8 Å². The minimum Gasteiger partial charge on any atom is -0.299 e. The Morgan fingerprint density at radius 1 is 1.50 bits per heavy atom. The van der Waals surface area contributed by atoms with Crippen molar-refractivity contribution in [3.8, 4) is 0 Å². The van der Waals surface area contributed by atoms with Crippen LogP contribution >= 0.6 is 0 Å². The van der Waals surface area contributed by atoms with Gasteiger partial charge in [0.25, 0.3) is 0 Å². The Balaban J connectivity index is 2.31. The Bertz CT molecular complexity index is 136. The molecule has 1 saturated carbocycles. The van der Waals surface area contributed by atoms with Crippen LogP contribution in [0.5, 0.6) is 0 Å². The summed E-state index contributed by atoms with van der Waals surface area (Å²) in [6.07, 6.45) is 0.237. The summed E-state index contributed by atoms with van der Waals surface area (Å²) in [5.41, 5.74) is 0. The molecule has 0 unspecified atom stereocenters. The lowest BCUT2D eigenvalue weighted by atomic mass is 9.77. The van der Waals surface area contributed by atoms with E-state index in [2.05, 4.69) is 0 Å². The molecule has 0 heterocycles. The van der Waals surface area contributed by atoms with Gasteiger partial charge < -0.3 is 0 Å². The second-order valence-corrected chi connectivity index (χ2v) is 3.32. The average Bonchev–Trinajstić information content (AvgIpc) is 1.79. The quantitative estimate of drug-likeness (QED) is 0.579. The van der Waals surface area contributed by atoms with Gasteiger partial charge in [-0.2, -0.15) is 0 Å². The number of rotatable bonds is 2. The standard InChI is InChI=1S/C8H13FO/c1-5(2)8(10)6-3-7(9)4-6/h5-7H,3-4H2,1-2H3. The second kappa shape index (κ2) is 2.69. The van der Waals surface area contributed by atoms with Crippen LogP contribution in [0.25, 0.3) is 0 Å². The fourth-order valence-corrected chi connectivity index (χ4v) is 1.25. The summed E-state index contributed by atoms with van der Waals surface area (Å²) in [7, 11) is 0. The van der Waals surface area contributed by atoms with E-state index in [9.17, 15) is 9.18 Å². The van der Waals surface area contributed by atoms with E-state index in [4.69, 9.17) is 0 Å². The maximum atomic E-state index is 12.2. The number of hydrogen-bond acceptors (Lipinski definition) is 1. The number of hydrogen-bond donors (Lipinski definition) is 0. The van der Waals surface area contributed by atoms with Crippen LogP contribution in [0.3, 0.4) is 0 Å². The molecule has 1 aliphatic carbocycles. The third-order valence-corrected chi connectivity index (χ3v) is 2.05. The number of carbonyl (C=O) groups is 1. The number of Topliss-reactive ketones (excluding diaryl/α,β-unsaturated/α-hetero) is 1. The fraction of sp³-hybridized carbons (Fsp3) is 0.875. The fourth-order valence-electron chi connectivity index (χ4n) is 1.25. The highest BCUT2D eigenvalue weighted by molar-refractivity contribution is 5.83. The molecular weight excluding hydrogens is 131 g/mol. The zero-order valence-electron chi connectivity index (χ0n) is 6.43. The summed E-state index contributed by atoms with van der Waals surface area (Å²) in [5.74, 6) is 0.349. The minimum atomic E-state index is -0.701. The highest BCUT2D eigenvalue weighted by Gasteiger charge is 2.34. The van der Waals surface area contributed by atoms with Crippen molar-refractivity contribution in [2.45, 2.75) is 32.9 Å². The van der Waals surface area contributed by atoms with Crippen molar-refractivity contribution in [1.82, 2.24) is 0 Å². The van der Waals surface area contributed by atoms with Crippen LogP contribution in [-0.4, -0.2) is 12.0 Å². The Morgan fingerprint density at radius 2 is 2.00 bits per heavy atom. The zero-order valence-corrected chi connectivity index (χ0v) is 6.43. The molecular formula is C8H13FO. The molecule has 0 aromatic heterocycles. The maximum Gasteiger partial charge on any atom is 0.138 e. The molecule has 10 heavy (non-hydrogen) atoms. The second-order valence-electron chi connectivity index (χ2n) is 3.32. The number of halogens is 1. The highest BCUT2D eigenvalue weighted by Crippen LogP contribution is 2.32. The van der Waals surface area contributed by atoms with E-state index in [0.717, 1.165) is 0 Å². The van der Waals surface area contributed by atoms with Gasteiger partial charge in [0.2, 0.25) is 0 Å². The number of ketones is 1. The van der Waals surface area contributed by atoms with Crippen LogP contribution in [0, 0.1) is 11.8 Å². The molecule has 1 rings (SSSR count). The summed E-state index contributed by atoms with van der Waals surface area (Å²) < 4.78 is 12.2. The normalized spacial score (nSPS) is 32.0. The van der Waals surface area contributed by atoms with Crippen LogP contribution in [0.2, 0.25) is 0 Å². The van der Waals surface area contributed by atoms with Gasteiger partial charge in [0.1, 0.15) is 12.0 Å². The van der Waals surface area contributed by atoms with E-state index >= 15 is 0 Å². The first-order chi connectivity index (χ1) is 4.61. The van der Waals surface area contributed by atoms with Gasteiger partial charge in [-0.15, -0.1) is 0 Å². The van der Waals surface area contributed by atoms with E-state index < -0.39 is 6.17 Å². The van der Waals surface area contributed by atoms with E-state index in [1.165, 1.54) is 0 Å². The molecule has 0 spiro atoms.